The van der Waals surface area contributed by atoms with E-state index < -0.39 is 12.0 Å². The lowest BCUT2D eigenvalue weighted by Gasteiger charge is -2.15. The van der Waals surface area contributed by atoms with Crippen molar-refractivity contribution < 1.29 is 14.7 Å². The molecular weight excluding hydrogens is 296 g/mol. The minimum absolute atomic E-state index is 0.136. The van der Waals surface area contributed by atoms with Crippen LogP contribution in [0.15, 0.2) is 30.5 Å². The Morgan fingerprint density at radius 3 is 2.96 bits per heavy atom. The van der Waals surface area contributed by atoms with Gasteiger partial charge in [0.1, 0.15) is 0 Å². The third-order valence-electron chi connectivity index (χ3n) is 3.96. The second-order valence-corrected chi connectivity index (χ2v) is 5.56. The number of fused-ring (bicyclic) bond motifs is 1. The second kappa shape index (κ2) is 6.12. The molecule has 1 atom stereocenters. The first kappa shape index (κ1) is 15.1. The van der Waals surface area contributed by atoms with Gasteiger partial charge in [0, 0.05) is 25.5 Å². The van der Waals surface area contributed by atoms with E-state index in [2.05, 4.69) is 15.7 Å². The van der Waals surface area contributed by atoms with Crippen LogP contribution in [0.5, 0.6) is 0 Å². The van der Waals surface area contributed by atoms with E-state index in [1.165, 1.54) is 16.4 Å². The average molecular weight is 314 g/mol. The zero-order valence-corrected chi connectivity index (χ0v) is 12.7. The fourth-order valence-electron chi connectivity index (χ4n) is 2.77. The second-order valence-electron chi connectivity index (χ2n) is 5.56. The zero-order chi connectivity index (χ0) is 16.4. The van der Waals surface area contributed by atoms with Crippen LogP contribution in [0.1, 0.15) is 22.9 Å². The summed E-state index contributed by atoms with van der Waals surface area (Å²) in [6.07, 6.45) is 2.63. The first-order chi connectivity index (χ1) is 11.0. The van der Waals surface area contributed by atoms with E-state index in [4.69, 9.17) is 0 Å². The highest BCUT2D eigenvalue weighted by molar-refractivity contribution is 5.85. The zero-order valence-electron chi connectivity index (χ0n) is 12.7. The molecule has 3 rings (SSSR count). The van der Waals surface area contributed by atoms with Crippen molar-refractivity contribution in [3.8, 4) is 0 Å². The Hall–Kier alpha value is -2.83. The van der Waals surface area contributed by atoms with Crippen molar-refractivity contribution in [2.75, 3.05) is 11.9 Å². The van der Waals surface area contributed by atoms with Gasteiger partial charge in [0.25, 0.3) is 0 Å². The number of hydrogen-bond donors (Lipinski definition) is 3. The maximum absolute atomic E-state index is 12.2. The van der Waals surface area contributed by atoms with Crippen molar-refractivity contribution in [1.82, 2.24) is 15.1 Å². The molecule has 23 heavy (non-hydrogen) atoms. The summed E-state index contributed by atoms with van der Waals surface area (Å²) in [6.45, 7) is 0.909. The summed E-state index contributed by atoms with van der Waals surface area (Å²) in [5, 5.41) is 19.1. The first-order valence-corrected chi connectivity index (χ1v) is 7.40. The molecule has 0 fully saturated rings. The van der Waals surface area contributed by atoms with Crippen LogP contribution in [0.3, 0.4) is 0 Å². The number of carbonyl (C=O) groups excluding carboxylic acids is 1. The number of rotatable bonds is 5. The Bertz CT molecular complexity index is 754. The van der Waals surface area contributed by atoms with Crippen LogP contribution in [-0.2, 0) is 29.5 Å². The minimum Gasteiger partial charge on any atom is -0.479 e. The number of hydrogen-bond acceptors (Lipinski definition) is 4. The highest BCUT2D eigenvalue weighted by atomic mass is 16.4. The predicted octanol–water partition coefficient (Wildman–Crippen LogP) is 0.873. The molecule has 0 saturated heterocycles. The van der Waals surface area contributed by atoms with Gasteiger partial charge >= 0.3 is 5.97 Å². The summed E-state index contributed by atoms with van der Waals surface area (Å²) in [7, 11) is 1.64. The van der Waals surface area contributed by atoms with E-state index in [0.29, 0.717) is 5.69 Å². The van der Waals surface area contributed by atoms with Gasteiger partial charge in [0.2, 0.25) is 5.91 Å². The van der Waals surface area contributed by atoms with Gasteiger partial charge < -0.3 is 15.7 Å². The average Bonchev–Trinajstić information content (AvgIpc) is 3.12. The lowest BCUT2D eigenvalue weighted by Crippen LogP contribution is -2.35. The quantitative estimate of drug-likeness (QED) is 0.761. The van der Waals surface area contributed by atoms with Crippen LogP contribution in [0.25, 0.3) is 0 Å². The van der Waals surface area contributed by atoms with Crippen molar-refractivity contribution in [3.63, 3.8) is 0 Å². The molecule has 1 aliphatic heterocycles. The molecule has 1 amide bonds. The number of carboxylic acids is 1. The molecule has 0 saturated carbocycles. The Labute approximate surface area is 133 Å². The molecule has 0 aliphatic carbocycles. The standard InChI is InChI=1S/C16H18N4O3/c1-20-13(5-7-18-20)15(16(22)23)19-14(21)9-10-2-3-11-4-6-17-12(11)8-10/h2-3,5,7-8,15,17H,4,6,9H2,1H3,(H,19,21)(H,22,23). The van der Waals surface area contributed by atoms with Crippen molar-refractivity contribution in [1.29, 1.82) is 0 Å². The number of benzene rings is 1. The fourth-order valence-corrected chi connectivity index (χ4v) is 2.77. The number of aryl methyl sites for hydroxylation is 1. The predicted molar refractivity (Wildman–Crippen MR) is 84.1 cm³/mol. The molecule has 3 N–H and O–H groups in total. The number of carbonyl (C=O) groups is 2. The van der Waals surface area contributed by atoms with Crippen LogP contribution < -0.4 is 10.6 Å². The maximum atomic E-state index is 12.2. The van der Waals surface area contributed by atoms with Gasteiger partial charge in [-0.15, -0.1) is 0 Å². The van der Waals surface area contributed by atoms with Crippen molar-refractivity contribution in [3.05, 3.63) is 47.3 Å². The summed E-state index contributed by atoms with van der Waals surface area (Å²) in [5.41, 5.74) is 3.58. The number of nitrogens with zero attached hydrogens (tertiary/aromatic N) is 2. The van der Waals surface area contributed by atoms with Crippen LogP contribution >= 0.6 is 0 Å². The Morgan fingerprint density at radius 1 is 1.43 bits per heavy atom. The SMILES string of the molecule is Cn1nccc1C(NC(=O)Cc1ccc2c(c1)NCC2)C(=O)O. The molecule has 1 aromatic heterocycles. The van der Waals surface area contributed by atoms with E-state index in [-0.39, 0.29) is 12.3 Å². The maximum Gasteiger partial charge on any atom is 0.332 e. The Balaban J connectivity index is 1.70. The molecular formula is C16H18N4O3. The molecule has 1 aromatic carbocycles. The lowest BCUT2D eigenvalue weighted by atomic mass is 10.1. The molecule has 2 aromatic rings. The van der Waals surface area contributed by atoms with Gasteiger partial charge in [-0.1, -0.05) is 12.1 Å². The van der Waals surface area contributed by atoms with Gasteiger partial charge in [-0.3, -0.25) is 9.48 Å². The summed E-state index contributed by atoms with van der Waals surface area (Å²) in [4.78, 5) is 23.6. The van der Waals surface area contributed by atoms with E-state index in [1.54, 1.807) is 13.1 Å². The molecule has 2 heterocycles. The molecule has 0 radical (unpaired) electrons. The molecule has 1 unspecified atom stereocenters. The number of anilines is 1. The lowest BCUT2D eigenvalue weighted by molar-refractivity contribution is -0.142. The molecule has 7 nitrogen and oxygen atoms in total. The molecule has 1 aliphatic rings. The Kier molecular flexibility index (Phi) is 4.01. The van der Waals surface area contributed by atoms with Crippen LogP contribution in [0.2, 0.25) is 0 Å². The summed E-state index contributed by atoms with van der Waals surface area (Å²) < 4.78 is 1.44. The first-order valence-electron chi connectivity index (χ1n) is 7.40. The molecule has 7 heteroatoms. The third kappa shape index (κ3) is 3.18. The molecule has 0 bridgehead atoms. The van der Waals surface area contributed by atoms with Gasteiger partial charge in [0.15, 0.2) is 6.04 Å². The largest absolute Gasteiger partial charge is 0.479 e. The third-order valence-corrected chi connectivity index (χ3v) is 3.96. The van der Waals surface area contributed by atoms with E-state index in [1.807, 2.05) is 18.2 Å². The highest BCUT2D eigenvalue weighted by Crippen LogP contribution is 2.23. The van der Waals surface area contributed by atoms with Crippen LogP contribution in [0.4, 0.5) is 5.69 Å². The number of carboxylic acid groups (broad SMARTS) is 1. The van der Waals surface area contributed by atoms with E-state index in [0.717, 1.165) is 24.2 Å². The van der Waals surface area contributed by atoms with E-state index in [9.17, 15) is 14.7 Å². The molecule has 0 spiro atoms. The summed E-state index contributed by atoms with van der Waals surface area (Å²) in [5.74, 6) is -1.45. The number of aliphatic carboxylic acids is 1. The smallest absolute Gasteiger partial charge is 0.332 e. The summed E-state index contributed by atoms with van der Waals surface area (Å²) in [6, 6.07) is 6.33. The van der Waals surface area contributed by atoms with Gasteiger partial charge in [-0.05, 0) is 29.7 Å². The highest BCUT2D eigenvalue weighted by Gasteiger charge is 2.25. The number of aromatic nitrogens is 2. The van der Waals surface area contributed by atoms with Crippen molar-refractivity contribution in [2.45, 2.75) is 18.9 Å². The monoisotopic (exact) mass is 314 g/mol. The topological polar surface area (TPSA) is 96.3 Å². The molecule has 120 valence electrons. The van der Waals surface area contributed by atoms with Crippen LogP contribution in [0, 0.1) is 0 Å². The Morgan fingerprint density at radius 2 is 2.26 bits per heavy atom. The number of nitrogens with one attached hydrogen (secondary N) is 2. The fraction of sp³-hybridized carbons (Fsp3) is 0.312. The van der Waals surface area contributed by atoms with Crippen molar-refractivity contribution in [2.24, 2.45) is 7.05 Å². The van der Waals surface area contributed by atoms with E-state index >= 15 is 0 Å². The minimum atomic E-state index is -1.11. The summed E-state index contributed by atoms with van der Waals surface area (Å²) >= 11 is 0. The number of amides is 1. The normalized spacial score (nSPS) is 14.0. The van der Waals surface area contributed by atoms with Gasteiger partial charge in [0.05, 0.1) is 12.1 Å². The van der Waals surface area contributed by atoms with Gasteiger partial charge in [-0.25, -0.2) is 4.79 Å². The van der Waals surface area contributed by atoms with Gasteiger partial charge in [-0.2, -0.15) is 5.10 Å². The van der Waals surface area contributed by atoms with Crippen LogP contribution in [-0.4, -0.2) is 33.3 Å². The van der Waals surface area contributed by atoms with Crippen molar-refractivity contribution >= 4 is 17.6 Å².